The largest absolute Gasteiger partial charge is 0.393 e. The third-order valence-corrected chi connectivity index (χ3v) is 11.7. The van der Waals surface area contributed by atoms with Gasteiger partial charge in [0.1, 0.15) is 0 Å². The molecule has 0 aliphatic heterocycles. The summed E-state index contributed by atoms with van der Waals surface area (Å²) < 4.78 is 0. The summed E-state index contributed by atoms with van der Waals surface area (Å²) in [4.78, 5) is 0. The van der Waals surface area contributed by atoms with E-state index in [1.807, 2.05) is 11.1 Å². The first-order chi connectivity index (χ1) is 14.4. The number of rotatable bonds is 4. The molecule has 4 rings (SSSR count). The molecule has 1 unspecified atom stereocenters. The maximum atomic E-state index is 10.8. The van der Waals surface area contributed by atoms with Crippen LogP contribution in [0.5, 0.6) is 0 Å². The lowest BCUT2D eigenvalue weighted by Crippen LogP contribution is -2.55. The van der Waals surface area contributed by atoms with Crippen molar-refractivity contribution in [2.24, 2.45) is 39.4 Å². The van der Waals surface area contributed by atoms with E-state index in [9.17, 15) is 5.11 Å². The Morgan fingerprint density at radius 1 is 0.968 bits per heavy atom. The van der Waals surface area contributed by atoms with E-state index in [4.69, 9.17) is 0 Å². The standard InChI is InChI=1S/C30H50O/c1-20(2)10-9-11-21(3)22-14-18-30(8)24-12-13-25-27(4,5)26(31)16-17-28(25,6)23(24)15-19-29(22,30)7/h10,21-22,25-26,31H,9,11-19H2,1-8H3/t21-,22?,25+,26+,28-,29-,30+/m1/s1. The molecule has 0 heterocycles. The van der Waals surface area contributed by atoms with Crippen LogP contribution in [-0.2, 0) is 0 Å². The Morgan fingerprint density at radius 2 is 1.68 bits per heavy atom. The first kappa shape index (κ1) is 23.6. The zero-order chi connectivity index (χ0) is 22.8. The van der Waals surface area contributed by atoms with Gasteiger partial charge in [-0.1, -0.05) is 64.3 Å². The highest BCUT2D eigenvalue weighted by Gasteiger charge is 2.63. The van der Waals surface area contributed by atoms with Crippen molar-refractivity contribution in [2.45, 2.75) is 126 Å². The van der Waals surface area contributed by atoms with Crippen molar-refractivity contribution in [1.29, 1.82) is 0 Å². The lowest BCUT2D eigenvalue weighted by atomic mass is 9.43. The summed E-state index contributed by atoms with van der Waals surface area (Å²) in [6, 6.07) is 0. The molecule has 0 bridgehead atoms. The van der Waals surface area contributed by atoms with Gasteiger partial charge in [0.2, 0.25) is 0 Å². The second-order valence-electron chi connectivity index (χ2n) is 13.6. The number of allylic oxidation sites excluding steroid dienone is 4. The predicted molar refractivity (Wildman–Crippen MR) is 133 cm³/mol. The zero-order valence-electron chi connectivity index (χ0n) is 21.9. The van der Waals surface area contributed by atoms with Crippen LogP contribution in [0.3, 0.4) is 0 Å². The average molecular weight is 427 g/mol. The Labute approximate surface area is 193 Å². The molecule has 1 N–H and O–H groups in total. The molecule has 7 atom stereocenters. The van der Waals surface area contributed by atoms with Crippen molar-refractivity contribution in [2.75, 3.05) is 0 Å². The quantitative estimate of drug-likeness (QED) is 0.447. The number of hydrogen-bond donors (Lipinski definition) is 1. The monoisotopic (exact) mass is 426 g/mol. The van der Waals surface area contributed by atoms with Crippen molar-refractivity contribution < 1.29 is 5.11 Å². The fourth-order valence-electron chi connectivity index (χ4n) is 9.47. The fraction of sp³-hybridized carbons (Fsp3) is 0.867. The summed E-state index contributed by atoms with van der Waals surface area (Å²) in [5.41, 5.74) is 6.41. The summed E-state index contributed by atoms with van der Waals surface area (Å²) in [5, 5.41) is 10.8. The van der Waals surface area contributed by atoms with E-state index in [1.165, 1.54) is 63.4 Å². The number of aliphatic hydroxyl groups is 1. The van der Waals surface area contributed by atoms with Crippen LogP contribution in [0.25, 0.3) is 0 Å². The van der Waals surface area contributed by atoms with Crippen LogP contribution in [-0.4, -0.2) is 11.2 Å². The molecular formula is C30H50O. The van der Waals surface area contributed by atoms with Gasteiger partial charge in [-0.15, -0.1) is 0 Å². The molecule has 4 aliphatic rings. The van der Waals surface area contributed by atoms with E-state index in [-0.39, 0.29) is 11.5 Å². The molecule has 0 aromatic carbocycles. The molecule has 1 nitrogen and oxygen atoms in total. The predicted octanol–water partition coefficient (Wildman–Crippen LogP) is 8.48. The minimum Gasteiger partial charge on any atom is -0.393 e. The molecular weight excluding hydrogens is 376 g/mol. The van der Waals surface area contributed by atoms with Crippen molar-refractivity contribution >= 4 is 0 Å². The highest BCUT2D eigenvalue weighted by atomic mass is 16.3. The maximum absolute atomic E-state index is 10.8. The zero-order valence-corrected chi connectivity index (χ0v) is 21.9. The van der Waals surface area contributed by atoms with Gasteiger partial charge in [-0.2, -0.15) is 0 Å². The van der Waals surface area contributed by atoms with E-state index >= 15 is 0 Å². The average Bonchev–Trinajstić information content (AvgIpc) is 2.96. The van der Waals surface area contributed by atoms with E-state index < -0.39 is 0 Å². The highest BCUT2D eigenvalue weighted by molar-refractivity contribution is 5.38. The highest BCUT2D eigenvalue weighted by Crippen LogP contribution is 2.72. The van der Waals surface area contributed by atoms with Gasteiger partial charge in [0.05, 0.1) is 6.10 Å². The minimum atomic E-state index is -0.130. The lowest BCUT2D eigenvalue weighted by Gasteiger charge is -2.62. The number of aliphatic hydroxyl groups excluding tert-OH is 1. The topological polar surface area (TPSA) is 20.2 Å². The van der Waals surface area contributed by atoms with Gasteiger partial charge in [-0.05, 0) is 117 Å². The first-order valence-electron chi connectivity index (χ1n) is 13.4. The van der Waals surface area contributed by atoms with Crippen LogP contribution in [0.2, 0.25) is 0 Å². The van der Waals surface area contributed by atoms with Crippen LogP contribution in [0.15, 0.2) is 22.8 Å². The minimum absolute atomic E-state index is 0.0465. The Bertz CT molecular complexity index is 767. The van der Waals surface area contributed by atoms with Crippen LogP contribution in [0.4, 0.5) is 0 Å². The molecule has 0 spiro atoms. The molecule has 31 heavy (non-hydrogen) atoms. The third-order valence-electron chi connectivity index (χ3n) is 11.7. The first-order valence-corrected chi connectivity index (χ1v) is 13.4. The fourth-order valence-corrected chi connectivity index (χ4v) is 9.47. The summed E-state index contributed by atoms with van der Waals surface area (Å²) >= 11 is 0. The van der Waals surface area contributed by atoms with Gasteiger partial charge >= 0.3 is 0 Å². The molecule has 0 saturated heterocycles. The van der Waals surface area contributed by atoms with Crippen LogP contribution < -0.4 is 0 Å². The van der Waals surface area contributed by atoms with Crippen molar-refractivity contribution in [3.63, 3.8) is 0 Å². The second-order valence-corrected chi connectivity index (χ2v) is 13.6. The SMILES string of the molecule is CC(C)=CCC[C@@H](C)C1CC[C@@]2(C)C3=C(CC[C@]12C)[C@@]1(C)CC[C@H](O)C(C)(C)[C@@H]1CC3. The maximum Gasteiger partial charge on any atom is 0.0594 e. The van der Waals surface area contributed by atoms with E-state index in [1.54, 1.807) is 0 Å². The molecule has 2 fully saturated rings. The van der Waals surface area contributed by atoms with Crippen LogP contribution in [0.1, 0.15) is 120 Å². The van der Waals surface area contributed by atoms with Gasteiger partial charge in [0.15, 0.2) is 0 Å². The molecule has 0 aromatic heterocycles. The van der Waals surface area contributed by atoms with Crippen molar-refractivity contribution in [3.8, 4) is 0 Å². The van der Waals surface area contributed by atoms with Gasteiger partial charge in [0, 0.05) is 0 Å². The molecule has 1 heteroatoms. The van der Waals surface area contributed by atoms with Gasteiger partial charge in [0.25, 0.3) is 0 Å². The molecule has 0 amide bonds. The van der Waals surface area contributed by atoms with E-state index in [0.717, 1.165) is 18.3 Å². The Balaban J connectivity index is 1.65. The summed E-state index contributed by atoms with van der Waals surface area (Å²) in [7, 11) is 0. The van der Waals surface area contributed by atoms with Crippen LogP contribution >= 0.6 is 0 Å². The molecule has 0 aromatic rings. The normalized spacial score (nSPS) is 44.9. The van der Waals surface area contributed by atoms with Crippen molar-refractivity contribution in [1.82, 2.24) is 0 Å². The molecule has 2 saturated carbocycles. The van der Waals surface area contributed by atoms with Gasteiger partial charge < -0.3 is 5.11 Å². The number of hydrogen-bond acceptors (Lipinski definition) is 1. The lowest BCUT2D eigenvalue weighted by molar-refractivity contribution is -0.0962. The third kappa shape index (κ3) is 3.34. The Morgan fingerprint density at radius 3 is 2.35 bits per heavy atom. The summed E-state index contributed by atoms with van der Waals surface area (Å²) in [5.74, 6) is 2.32. The Hall–Kier alpha value is -0.560. The summed E-state index contributed by atoms with van der Waals surface area (Å²) in [6.07, 6.45) is 15.2. The molecule has 0 radical (unpaired) electrons. The van der Waals surface area contributed by atoms with Crippen molar-refractivity contribution in [3.05, 3.63) is 22.8 Å². The van der Waals surface area contributed by atoms with Gasteiger partial charge in [-0.3, -0.25) is 0 Å². The molecule has 4 aliphatic carbocycles. The van der Waals surface area contributed by atoms with Crippen LogP contribution in [0, 0.1) is 39.4 Å². The molecule has 176 valence electrons. The summed E-state index contributed by atoms with van der Waals surface area (Å²) in [6.45, 7) is 19.6. The van der Waals surface area contributed by atoms with Gasteiger partial charge in [-0.25, -0.2) is 0 Å². The van der Waals surface area contributed by atoms with E-state index in [2.05, 4.69) is 61.5 Å². The second kappa shape index (κ2) is 7.75. The number of fused-ring (bicyclic) bond motifs is 4. The van der Waals surface area contributed by atoms with E-state index in [0.29, 0.717) is 22.2 Å². The smallest absolute Gasteiger partial charge is 0.0594 e. The Kier molecular flexibility index (Phi) is 5.90.